The maximum absolute atomic E-state index is 12.6. The monoisotopic (exact) mass is 307 g/mol. The van der Waals surface area contributed by atoms with Gasteiger partial charge in [0.25, 0.3) is 5.91 Å². The average Bonchev–Trinajstić information content (AvgIpc) is 2.24. The summed E-state index contributed by atoms with van der Waals surface area (Å²) < 4.78 is 37.8. The van der Waals surface area contributed by atoms with Crippen molar-refractivity contribution in [2.45, 2.75) is 26.9 Å². The topological polar surface area (TPSA) is 20.3 Å². The van der Waals surface area contributed by atoms with E-state index in [1.165, 1.54) is 24.3 Å². The van der Waals surface area contributed by atoms with Gasteiger partial charge in [0, 0.05) is 17.1 Å². The van der Waals surface area contributed by atoms with Crippen molar-refractivity contribution in [1.82, 2.24) is 4.90 Å². The van der Waals surface area contributed by atoms with E-state index in [1.807, 2.05) is 0 Å². The molecule has 0 spiro atoms. The molecule has 1 aromatic carbocycles. The first-order valence-corrected chi connectivity index (χ1v) is 6.47. The highest BCUT2D eigenvalue weighted by atomic mass is 35.5. The Morgan fingerprint density at radius 3 is 2.00 bits per heavy atom. The number of alkyl halides is 3. The Labute approximate surface area is 121 Å². The summed E-state index contributed by atoms with van der Waals surface area (Å²) in [6.45, 7) is 4.11. The third-order valence-electron chi connectivity index (χ3n) is 2.41. The summed E-state index contributed by atoms with van der Waals surface area (Å²) in [5.41, 5.74) is -0.226. The molecule has 6 heteroatoms. The Kier molecular flexibility index (Phi) is 5.08. The van der Waals surface area contributed by atoms with E-state index in [4.69, 9.17) is 11.6 Å². The summed E-state index contributed by atoms with van der Waals surface area (Å²) in [5, 5.41) is 0.430. The molecule has 0 saturated heterocycles. The fraction of sp³-hybridized carbons (Fsp3) is 0.500. The van der Waals surface area contributed by atoms with Crippen molar-refractivity contribution in [2.75, 3.05) is 13.1 Å². The molecular formula is C14H17ClF3NO. The minimum Gasteiger partial charge on any atom is -0.329 e. The smallest absolute Gasteiger partial charge is 0.329 e. The second-order valence-corrected chi connectivity index (χ2v) is 6.28. The van der Waals surface area contributed by atoms with Gasteiger partial charge in [-0.05, 0) is 29.7 Å². The molecule has 0 aliphatic carbocycles. The lowest BCUT2D eigenvalue weighted by Gasteiger charge is -2.30. The van der Waals surface area contributed by atoms with Gasteiger partial charge in [-0.3, -0.25) is 4.79 Å². The molecule has 0 aliphatic rings. The van der Waals surface area contributed by atoms with E-state index in [2.05, 4.69) is 0 Å². The summed E-state index contributed by atoms with van der Waals surface area (Å²) in [6.07, 6.45) is -4.42. The Bertz CT molecular complexity index is 447. The van der Waals surface area contributed by atoms with Crippen LogP contribution in [0, 0.1) is 5.41 Å². The Morgan fingerprint density at radius 1 is 1.10 bits per heavy atom. The number of benzene rings is 1. The Balaban J connectivity index is 2.97. The van der Waals surface area contributed by atoms with Crippen LogP contribution in [-0.4, -0.2) is 30.1 Å². The van der Waals surface area contributed by atoms with Crippen LogP contribution in [-0.2, 0) is 0 Å². The Hall–Kier alpha value is -1.23. The normalized spacial score (nSPS) is 12.3. The number of carbonyl (C=O) groups is 1. The number of halogens is 4. The molecule has 0 fully saturated rings. The molecular weight excluding hydrogens is 291 g/mol. The maximum Gasteiger partial charge on any atom is 0.406 e. The summed E-state index contributed by atoms with van der Waals surface area (Å²) in [7, 11) is 0. The SMILES string of the molecule is CC(C)(C)CN(CC(F)(F)F)C(=O)c1ccc(Cl)cc1. The molecule has 0 N–H and O–H groups in total. The zero-order valence-electron chi connectivity index (χ0n) is 11.6. The average molecular weight is 308 g/mol. The van der Waals surface area contributed by atoms with Gasteiger partial charge in [-0.2, -0.15) is 13.2 Å². The highest BCUT2D eigenvalue weighted by Gasteiger charge is 2.35. The fourth-order valence-corrected chi connectivity index (χ4v) is 1.89. The summed E-state index contributed by atoms with van der Waals surface area (Å²) in [6, 6.07) is 5.82. The highest BCUT2D eigenvalue weighted by molar-refractivity contribution is 6.30. The van der Waals surface area contributed by atoms with Crippen molar-refractivity contribution in [3.63, 3.8) is 0 Å². The molecule has 0 atom stereocenters. The van der Waals surface area contributed by atoms with E-state index in [-0.39, 0.29) is 12.1 Å². The van der Waals surface area contributed by atoms with Crippen LogP contribution in [0.3, 0.4) is 0 Å². The molecule has 0 heterocycles. The number of hydrogen-bond acceptors (Lipinski definition) is 1. The second-order valence-electron chi connectivity index (χ2n) is 5.84. The highest BCUT2D eigenvalue weighted by Crippen LogP contribution is 2.23. The molecule has 1 amide bonds. The van der Waals surface area contributed by atoms with Gasteiger partial charge in [0.05, 0.1) is 0 Å². The van der Waals surface area contributed by atoms with Crippen LogP contribution in [0.1, 0.15) is 31.1 Å². The zero-order valence-corrected chi connectivity index (χ0v) is 12.3. The molecule has 0 radical (unpaired) electrons. The van der Waals surface area contributed by atoms with Gasteiger partial charge in [-0.15, -0.1) is 0 Å². The van der Waals surface area contributed by atoms with Crippen LogP contribution < -0.4 is 0 Å². The van der Waals surface area contributed by atoms with E-state index in [1.54, 1.807) is 20.8 Å². The van der Waals surface area contributed by atoms with Gasteiger partial charge in [0.2, 0.25) is 0 Å². The van der Waals surface area contributed by atoms with Crippen molar-refractivity contribution < 1.29 is 18.0 Å². The lowest BCUT2D eigenvalue weighted by molar-refractivity contribution is -0.142. The van der Waals surface area contributed by atoms with Gasteiger partial charge in [-0.1, -0.05) is 32.4 Å². The number of hydrogen-bond donors (Lipinski definition) is 0. The van der Waals surface area contributed by atoms with Crippen LogP contribution in [0.15, 0.2) is 24.3 Å². The third-order valence-corrected chi connectivity index (χ3v) is 2.67. The number of amides is 1. The largest absolute Gasteiger partial charge is 0.406 e. The molecule has 20 heavy (non-hydrogen) atoms. The van der Waals surface area contributed by atoms with Gasteiger partial charge >= 0.3 is 6.18 Å². The summed E-state index contributed by atoms with van der Waals surface area (Å²) in [4.78, 5) is 13.0. The molecule has 0 aromatic heterocycles. The predicted octanol–water partition coefficient (Wildman–Crippen LogP) is 4.39. The van der Waals surface area contributed by atoms with Crippen molar-refractivity contribution >= 4 is 17.5 Å². The van der Waals surface area contributed by atoms with Gasteiger partial charge in [0.15, 0.2) is 0 Å². The van der Waals surface area contributed by atoms with Crippen LogP contribution in [0.2, 0.25) is 5.02 Å². The lowest BCUT2D eigenvalue weighted by Crippen LogP contribution is -2.43. The van der Waals surface area contributed by atoms with Gasteiger partial charge in [-0.25, -0.2) is 0 Å². The van der Waals surface area contributed by atoms with Crippen molar-refractivity contribution in [3.8, 4) is 0 Å². The third kappa shape index (κ3) is 5.82. The predicted molar refractivity (Wildman–Crippen MR) is 72.9 cm³/mol. The minimum absolute atomic E-state index is 0.0218. The van der Waals surface area contributed by atoms with Crippen molar-refractivity contribution in [2.24, 2.45) is 5.41 Å². The molecule has 1 aromatic rings. The minimum atomic E-state index is -4.42. The molecule has 0 aliphatic heterocycles. The summed E-state index contributed by atoms with van der Waals surface area (Å²) >= 11 is 5.70. The number of carbonyl (C=O) groups excluding carboxylic acids is 1. The summed E-state index contributed by atoms with van der Waals surface area (Å²) in [5.74, 6) is -0.645. The molecule has 1 rings (SSSR count). The van der Waals surface area contributed by atoms with E-state index in [0.29, 0.717) is 5.02 Å². The standard InChI is InChI=1S/C14H17ClF3NO/c1-13(2,3)8-19(9-14(16,17)18)12(20)10-4-6-11(15)7-5-10/h4-7H,8-9H2,1-3H3. The molecule has 2 nitrogen and oxygen atoms in total. The second kappa shape index (κ2) is 6.04. The first-order valence-electron chi connectivity index (χ1n) is 6.09. The van der Waals surface area contributed by atoms with E-state index >= 15 is 0 Å². The number of rotatable bonds is 3. The Morgan fingerprint density at radius 2 is 1.60 bits per heavy atom. The van der Waals surface area contributed by atoms with Crippen molar-refractivity contribution in [3.05, 3.63) is 34.9 Å². The first-order chi connectivity index (χ1) is 8.98. The van der Waals surface area contributed by atoms with Crippen LogP contribution in [0.5, 0.6) is 0 Å². The quantitative estimate of drug-likeness (QED) is 0.811. The lowest BCUT2D eigenvalue weighted by atomic mass is 9.95. The van der Waals surface area contributed by atoms with Crippen LogP contribution in [0.25, 0.3) is 0 Å². The molecule has 0 bridgehead atoms. The van der Waals surface area contributed by atoms with E-state index in [0.717, 1.165) is 4.90 Å². The van der Waals surface area contributed by atoms with Crippen LogP contribution in [0.4, 0.5) is 13.2 Å². The molecule has 112 valence electrons. The number of nitrogens with zero attached hydrogens (tertiary/aromatic N) is 1. The van der Waals surface area contributed by atoms with E-state index < -0.39 is 24.0 Å². The molecule has 0 saturated carbocycles. The van der Waals surface area contributed by atoms with Gasteiger partial charge < -0.3 is 4.90 Å². The molecule has 0 unspecified atom stereocenters. The van der Waals surface area contributed by atoms with E-state index in [9.17, 15) is 18.0 Å². The first kappa shape index (κ1) is 16.8. The fourth-order valence-electron chi connectivity index (χ4n) is 1.76. The maximum atomic E-state index is 12.6. The van der Waals surface area contributed by atoms with Crippen LogP contribution >= 0.6 is 11.6 Å². The zero-order chi connectivity index (χ0) is 15.6. The van der Waals surface area contributed by atoms with Crippen molar-refractivity contribution in [1.29, 1.82) is 0 Å². The van der Waals surface area contributed by atoms with Gasteiger partial charge in [0.1, 0.15) is 6.54 Å².